The lowest BCUT2D eigenvalue weighted by Crippen LogP contribution is -2.34. The third-order valence-electron chi connectivity index (χ3n) is 4.81. The summed E-state index contributed by atoms with van der Waals surface area (Å²) in [4.78, 5) is 6.67. The Hall–Kier alpha value is -1.53. The molecule has 1 fully saturated rings. The van der Waals surface area contributed by atoms with E-state index in [1.807, 2.05) is 18.6 Å². The first kappa shape index (κ1) is 16.0. The second kappa shape index (κ2) is 7.15. The maximum absolute atomic E-state index is 5.82. The SMILES string of the molecule is Brc1cc2c(cc1CN1CCC(n3ccnc3)CC1)OCCCO2. The van der Waals surface area contributed by atoms with Gasteiger partial charge in [-0.1, -0.05) is 15.9 Å². The van der Waals surface area contributed by atoms with E-state index in [-0.39, 0.29) is 0 Å². The monoisotopic (exact) mass is 391 g/mol. The van der Waals surface area contributed by atoms with Crippen LogP contribution in [-0.4, -0.2) is 40.8 Å². The fraction of sp³-hybridized carbons (Fsp3) is 0.500. The van der Waals surface area contributed by atoms with Crippen LogP contribution in [0, 0.1) is 0 Å². The van der Waals surface area contributed by atoms with E-state index < -0.39 is 0 Å². The Bertz CT molecular complexity index is 682. The lowest BCUT2D eigenvalue weighted by Gasteiger charge is -2.32. The largest absolute Gasteiger partial charge is 0.490 e. The number of imidazole rings is 1. The predicted molar refractivity (Wildman–Crippen MR) is 95.5 cm³/mol. The maximum atomic E-state index is 5.82. The van der Waals surface area contributed by atoms with Crippen LogP contribution in [0.5, 0.6) is 11.5 Å². The lowest BCUT2D eigenvalue weighted by atomic mass is 10.0. The van der Waals surface area contributed by atoms with E-state index in [1.54, 1.807) is 0 Å². The molecule has 6 heteroatoms. The van der Waals surface area contributed by atoms with E-state index >= 15 is 0 Å². The van der Waals surface area contributed by atoms with E-state index in [1.165, 1.54) is 18.4 Å². The molecule has 0 saturated carbocycles. The first-order chi connectivity index (χ1) is 11.8. The molecule has 0 unspecified atom stereocenters. The zero-order valence-electron chi connectivity index (χ0n) is 13.7. The van der Waals surface area contributed by atoms with Crippen LogP contribution >= 0.6 is 15.9 Å². The summed E-state index contributed by atoms with van der Waals surface area (Å²) in [6.07, 6.45) is 9.13. The number of hydrogen-bond donors (Lipinski definition) is 0. The molecule has 0 atom stereocenters. The third kappa shape index (κ3) is 3.44. The van der Waals surface area contributed by atoms with Crippen molar-refractivity contribution in [2.45, 2.75) is 31.8 Å². The Labute approximate surface area is 150 Å². The molecule has 0 aliphatic carbocycles. The van der Waals surface area contributed by atoms with Gasteiger partial charge in [-0.3, -0.25) is 4.90 Å². The summed E-state index contributed by atoms with van der Waals surface area (Å²) in [5.41, 5.74) is 1.26. The summed E-state index contributed by atoms with van der Waals surface area (Å²) in [5.74, 6) is 1.72. The van der Waals surface area contributed by atoms with E-state index in [0.29, 0.717) is 6.04 Å². The van der Waals surface area contributed by atoms with Crippen molar-refractivity contribution in [1.29, 1.82) is 0 Å². The van der Waals surface area contributed by atoms with E-state index in [4.69, 9.17) is 9.47 Å². The van der Waals surface area contributed by atoms with Gasteiger partial charge in [-0.25, -0.2) is 4.98 Å². The summed E-state index contributed by atoms with van der Waals surface area (Å²) in [6, 6.07) is 4.76. The van der Waals surface area contributed by atoms with Crippen molar-refractivity contribution in [3.63, 3.8) is 0 Å². The number of nitrogens with zero attached hydrogens (tertiary/aromatic N) is 3. The number of piperidine rings is 1. The highest BCUT2D eigenvalue weighted by Crippen LogP contribution is 2.36. The van der Waals surface area contributed by atoms with Crippen molar-refractivity contribution in [3.05, 3.63) is 40.9 Å². The summed E-state index contributed by atoms with van der Waals surface area (Å²) in [6.45, 7) is 4.59. The molecule has 4 rings (SSSR count). The van der Waals surface area contributed by atoms with Crippen LogP contribution in [0.1, 0.15) is 30.9 Å². The molecular formula is C18H22BrN3O2. The molecule has 1 saturated heterocycles. The normalized spacial score (nSPS) is 19.2. The minimum Gasteiger partial charge on any atom is -0.490 e. The Morgan fingerprint density at radius 3 is 2.58 bits per heavy atom. The second-order valence-electron chi connectivity index (χ2n) is 6.46. The average molecular weight is 392 g/mol. The first-order valence-corrected chi connectivity index (χ1v) is 9.37. The van der Waals surface area contributed by atoms with Crippen molar-refractivity contribution in [2.24, 2.45) is 0 Å². The van der Waals surface area contributed by atoms with E-state index in [9.17, 15) is 0 Å². The summed E-state index contributed by atoms with van der Waals surface area (Å²) in [5, 5.41) is 0. The molecule has 3 heterocycles. The molecule has 2 aliphatic rings. The van der Waals surface area contributed by atoms with Crippen LogP contribution in [0.15, 0.2) is 35.3 Å². The Morgan fingerprint density at radius 1 is 1.12 bits per heavy atom. The molecule has 5 nitrogen and oxygen atoms in total. The topological polar surface area (TPSA) is 39.5 Å². The summed E-state index contributed by atoms with van der Waals surface area (Å²) >= 11 is 3.70. The number of benzene rings is 1. The number of ether oxygens (including phenoxy) is 2. The fourth-order valence-corrected chi connectivity index (χ4v) is 3.90. The highest BCUT2D eigenvalue weighted by atomic mass is 79.9. The predicted octanol–water partition coefficient (Wildman–Crippen LogP) is 3.64. The van der Waals surface area contributed by atoms with Gasteiger partial charge in [0.05, 0.1) is 19.5 Å². The first-order valence-electron chi connectivity index (χ1n) is 8.57. The average Bonchev–Trinajstić information content (AvgIpc) is 3.04. The molecule has 0 spiro atoms. The molecule has 1 aromatic heterocycles. The number of aromatic nitrogens is 2. The van der Waals surface area contributed by atoms with Gasteiger partial charge in [0.2, 0.25) is 0 Å². The highest BCUT2D eigenvalue weighted by molar-refractivity contribution is 9.10. The fourth-order valence-electron chi connectivity index (χ4n) is 3.45. The van der Waals surface area contributed by atoms with E-state index in [0.717, 1.165) is 55.2 Å². The molecule has 0 radical (unpaired) electrons. The maximum Gasteiger partial charge on any atom is 0.162 e. The van der Waals surface area contributed by atoms with Gasteiger partial charge in [0.15, 0.2) is 11.5 Å². The number of rotatable bonds is 3. The molecule has 1 aromatic carbocycles. The molecule has 128 valence electrons. The van der Waals surface area contributed by atoms with Gasteiger partial charge in [0.25, 0.3) is 0 Å². The van der Waals surface area contributed by atoms with Gasteiger partial charge >= 0.3 is 0 Å². The van der Waals surface area contributed by atoms with Gasteiger partial charge in [-0.2, -0.15) is 0 Å². The van der Waals surface area contributed by atoms with Gasteiger partial charge in [-0.15, -0.1) is 0 Å². The smallest absolute Gasteiger partial charge is 0.162 e. The molecule has 0 amide bonds. The standard InChI is InChI=1S/C18H22BrN3O2/c19-16-11-18-17(23-8-1-9-24-18)10-14(16)12-21-5-2-15(3-6-21)22-7-4-20-13-22/h4,7,10-11,13,15H,1-3,5-6,8-9,12H2. The minimum absolute atomic E-state index is 0.580. The van der Waals surface area contributed by atoms with Crippen LogP contribution in [-0.2, 0) is 6.54 Å². The van der Waals surface area contributed by atoms with Crippen LogP contribution < -0.4 is 9.47 Å². The van der Waals surface area contributed by atoms with Gasteiger partial charge in [0.1, 0.15) is 0 Å². The molecule has 0 bridgehead atoms. The number of fused-ring (bicyclic) bond motifs is 1. The highest BCUT2D eigenvalue weighted by Gasteiger charge is 2.22. The Balaban J connectivity index is 1.42. The Kier molecular flexibility index (Phi) is 4.76. The Morgan fingerprint density at radius 2 is 1.88 bits per heavy atom. The van der Waals surface area contributed by atoms with Gasteiger partial charge in [0, 0.05) is 49.0 Å². The van der Waals surface area contributed by atoms with E-state index in [2.05, 4.69) is 42.6 Å². The zero-order chi connectivity index (χ0) is 16.4. The molecule has 24 heavy (non-hydrogen) atoms. The number of halogens is 1. The molecular weight excluding hydrogens is 370 g/mol. The van der Waals surface area contributed by atoms with Crippen LogP contribution in [0.3, 0.4) is 0 Å². The van der Waals surface area contributed by atoms with Gasteiger partial charge < -0.3 is 14.0 Å². The van der Waals surface area contributed by atoms with Crippen LogP contribution in [0.2, 0.25) is 0 Å². The minimum atomic E-state index is 0.580. The van der Waals surface area contributed by atoms with Crippen molar-refractivity contribution in [2.75, 3.05) is 26.3 Å². The number of hydrogen-bond acceptors (Lipinski definition) is 4. The summed E-state index contributed by atoms with van der Waals surface area (Å²) in [7, 11) is 0. The molecule has 2 aromatic rings. The second-order valence-corrected chi connectivity index (χ2v) is 7.31. The van der Waals surface area contributed by atoms with Crippen molar-refractivity contribution < 1.29 is 9.47 Å². The lowest BCUT2D eigenvalue weighted by molar-refractivity contribution is 0.179. The van der Waals surface area contributed by atoms with Crippen LogP contribution in [0.25, 0.3) is 0 Å². The quantitative estimate of drug-likeness (QED) is 0.800. The van der Waals surface area contributed by atoms with Crippen molar-refractivity contribution in [1.82, 2.24) is 14.5 Å². The number of likely N-dealkylation sites (tertiary alicyclic amines) is 1. The van der Waals surface area contributed by atoms with Crippen molar-refractivity contribution >= 4 is 15.9 Å². The zero-order valence-corrected chi connectivity index (χ0v) is 15.2. The van der Waals surface area contributed by atoms with Crippen LogP contribution in [0.4, 0.5) is 0 Å². The third-order valence-corrected chi connectivity index (χ3v) is 5.55. The molecule has 0 N–H and O–H groups in total. The summed E-state index contributed by atoms with van der Waals surface area (Å²) < 4.78 is 14.9. The van der Waals surface area contributed by atoms with Gasteiger partial charge in [-0.05, 0) is 30.5 Å². The molecule has 2 aliphatic heterocycles. The van der Waals surface area contributed by atoms with Crippen molar-refractivity contribution in [3.8, 4) is 11.5 Å².